The van der Waals surface area contributed by atoms with E-state index in [0.717, 1.165) is 26.2 Å². The molecule has 1 aromatic carbocycles. The van der Waals surface area contributed by atoms with Gasteiger partial charge in [-0.2, -0.15) is 0 Å². The lowest BCUT2D eigenvalue weighted by molar-refractivity contribution is -0.132. The van der Waals surface area contributed by atoms with Crippen molar-refractivity contribution in [1.29, 1.82) is 0 Å². The molecule has 10 nitrogen and oxygen atoms in total. The Morgan fingerprint density at radius 3 is 2.53 bits per heavy atom. The van der Waals surface area contributed by atoms with Crippen LogP contribution in [0.25, 0.3) is 5.70 Å². The standard InChI is InChI=1S/C20H16IN5O5S/c1-26-13-7-14(27)12(18(29)30)6-11(13)15(21)16(26)9-2-4-10(5-3-9)17(28)23-19(31)24-20-25-22-8-32-20/h2-8,11,13,27H,1H3,(H,29,30)(H2,23,24,25,28,31). The van der Waals surface area contributed by atoms with Gasteiger partial charge < -0.3 is 15.1 Å². The van der Waals surface area contributed by atoms with Crippen molar-refractivity contribution < 1.29 is 24.6 Å². The van der Waals surface area contributed by atoms with Crippen LogP contribution in [0.5, 0.6) is 0 Å². The van der Waals surface area contributed by atoms with Gasteiger partial charge in [0.25, 0.3) is 5.91 Å². The topological polar surface area (TPSA) is 145 Å². The Morgan fingerprint density at radius 1 is 1.19 bits per heavy atom. The average molecular weight is 565 g/mol. The van der Waals surface area contributed by atoms with Crippen molar-refractivity contribution in [3.63, 3.8) is 0 Å². The number of carbonyl (C=O) groups is 3. The van der Waals surface area contributed by atoms with Gasteiger partial charge in [0.15, 0.2) is 0 Å². The molecule has 164 valence electrons. The lowest BCUT2D eigenvalue weighted by Crippen LogP contribution is -2.34. The van der Waals surface area contributed by atoms with Crippen LogP contribution in [-0.4, -0.2) is 56.3 Å². The maximum absolute atomic E-state index is 12.4. The van der Waals surface area contributed by atoms with E-state index in [9.17, 15) is 24.6 Å². The van der Waals surface area contributed by atoms with Gasteiger partial charge in [0.2, 0.25) is 5.13 Å². The van der Waals surface area contributed by atoms with Gasteiger partial charge in [0.1, 0.15) is 11.3 Å². The quantitative estimate of drug-likeness (QED) is 0.415. The van der Waals surface area contributed by atoms with Gasteiger partial charge in [-0.25, -0.2) is 9.59 Å². The number of hydrogen-bond acceptors (Lipinski definition) is 8. The van der Waals surface area contributed by atoms with Crippen LogP contribution < -0.4 is 10.6 Å². The Morgan fingerprint density at radius 2 is 1.91 bits per heavy atom. The largest absolute Gasteiger partial charge is 0.507 e. The number of aromatic nitrogens is 2. The number of benzene rings is 1. The molecule has 4 rings (SSSR count). The third-order valence-corrected chi connectivity index (χ3v) is 6.93. The highest BCUT2D eigenvalue weighted by Crippen LogP contribution is 2.46. The Labute approximate surface area is 199 Å². The van der Waals surface area contributed by atoms with E-state index in [1.54, 1.807) is 30.3 Å². The van der Waals surface area contributed by atoms with E-state index in [1.807, 2.05) is 11.9 Å². The Hall–Kier alpha value is -3.26. The molecule has 0 saturated heterocycles. The molecule has 2 atom stereocenters. The first kappa shape index (κ1) is 22.0. The van der Waals surface area contributed by atoms with Crippen molar-refractivity contribution >= 4 is 62.7 Å². The number of carboxylic acid groups (broad SMARTS) is 1. The van der Waals surface area contributed by atoms with Crippen LogP contribution in [0.4, 0.5) is 9.93 Å². The molecule has 0 radical (unpaired) electrons. The number of aliphatic carboxylic acids is 1. The fourth-order valence-electron chi connectivity index (χ4n) is 3.60. The van der Waals surface area contributed by atoms with E-state index in [4.69, 9.17) is 0 Å². The number of amides is 3. The fourth-order valence-corrected chi connectivity index (χ4v) is 5.28. The van der Waals surface area contributed by atoms with Crippen LogP contribution in [0.1, 0.15) is 15.9 Å². The molecule has 1 aliphatic heterocycles. The van der Waals surface area contributed by atoms with Crippen LogP contribution >= 0.6 is 33.9 Å². The van der Waals surface area contributed by atoms with E-state index >= 15 is 0 Å². The Balaban J connectivity index is 1.52. The van der Waals surface area contributed by atoms with Crippen LogP contribution in [0.3, 0.4) is 0 Å². The number of anilines is 1. The second-order valence-corrected chi connectivity index (χ2v) is 8.99. The van der Waals surface area contributed by atoms with E-state index in [0.29, 0.717) is 5.56 Å². The molecule has 0 bridgehead atoms. The highest BCUT2D eigenvalue weighted by atomic mass is 127. The second kappa shape index (κ2) is 8.70. The van der Waals surface area contributed by atoms with E-state index in [-0.39, 0.29) is 28.4 Å². The van der Waals surface area contributed by atoms with Gasteiger partial charge >= 0.3 is 12.0 Å². The number of urea groups is 1. The van der Waals surface area contributed by atoms with Crippen LogP contribution in [-0.2, 0) is 4.79 Å². The van der Waals surface area contributed by atoms with Gasteiger partial charge in [-0.1, -0.05) is 29.5 Å². The van der Waals surface area contributed by atoms with Crippen molar-refractivity contribution in [3.05, 3.63) is 68.0 Å². The zero-order valence-electron chi connectivity index (χ0n) is 16.4. The summed E-state index contributed by atoms with van der Waals surface area (Å²) in [6, 6.07) is 5.78. The lowest BCUT2D eigenvalue weighted by Gasteiger charge is -2.28. The van der Waals surface area contributed by atoms with Crippen LogP contribution in [0.2, 0.25) is 0 Å². The average Bonchev–Trinajstić information content (AvgIpc) is 3.34. The normalized spacial score (nSPS) is 19.8. The molecule has 4 N–H and O–H groups in total. The van der Waals surface area contributed by atoms with Crippen molar-refractivity contribution in [2.24, 2.45) is 5.92 Å². The number of carbonyl (C=O) groups excluding carboxylic acids is 2. The van der Waals surface area contributed by atoms with Gasteiger partial charge in [-0.05, 0) is 46.4 Å². The fraction of sp³-hybridized carbons (Fsp3) is 0.150. The lowest BCUT2D eigenvalue weighted by atomic mass is 9.91. The number of carboxylic acids is 1. The summed E-state index contributed by atoms with van der Waals surface area (Å²) in [6.07, 6.45) is 3.10. The minimum Gasteiger partial charge on any atom is -0.507 e. The third-order valence-electron chi connectivity index (χ3n) is 5.10. The minimum atomic E-state index is -1.18. The summed E-state index contributed by atoms with van der Waals surface area (Å²) in [5.41, 5.74) is 3.32. The van der Waals surface area contributed by atoms with Crippen molar-refractivity contribution in [2.75, 3.05) is 12.4 Å². The number of fused-ring (bicyclic) bond motifs is 1. The van der Waals surface area contributed by atoms with Gasteiger partial charge in [-0.15, -0.1) is 10.2 Å². The monoisotopic (exact) mass is 565 g/mol. The summed E-state index contributed by atoms with van der Waals surface area (Å²) in [5, 5.41) is 31.6. The molecule has 0 fully saturated rings. The zero-order valence-corrected chi connectivity index (χ0v) is 19.4. The molecule has 2 heterocycles. The van der Waals surface area contributed by atoms with Gasteiger partial charge in [0, 0.05) is 22.1 Å². The summed E-state index contributed by atoms with van der Waals surface area (Å²) in [6.45, 7) is 0. The number of aliphatic hydroxyl groups is 1. The molecule has 0 spiro atoms. The van der Waals surface area contributed by atoms with Crippen molar-refractivity contribution in [3.8, 4) is 0 Å². The van der Waals surface area contributed by atoms with E-state index in [1.165, 1.54) is 11.6 Å². The summed E-state index contributed by atoms with van der Waals surface area (Å²) in [5.74, 6) is -2.21. The number of likely N-dealkylation sites (N-methyl/N-ethyl adjacent to an activating group) is 1. The van der Waals surface area contributed by atoms with Gasteiger partial charge in [-0.3, -0.25) is 15.4 Å². The van der Waals surface area contributed by atoms with E-state index in [2.05, 4.69) is 43.4 Å². The molecular formula is C20H16IN5O5S. The summed E-state index contributed by atoms with van der Waals surface area (Å²) >= 11 is 3.31. The third kappa shape index (κ3) is 4.10. The first-order chi connectivity index (χ1) is 15.3. The number of nitrogens with zero attached hydrogens (tertiary/aromatic N) is 3. The number of halogens is 1. The SMILES string of the molecule is CN1C(c2ccc(C(=O)NC(=O)Nc3nncs3)cc2)=C(I)C2C=C(C(=O)O)C(O)=CC21. The summed E-state index contributed by atoms with van der Waals surface area (Å²) < 4.78 is 0.922. The van der Waals surface area contributed by atoms with Crippen molar-refractivity contribution in [2.45, 2.75) is 6.04 Å². The predicted octanol–water partition coefficient (Wildman–Crippen LogP) is 3.00. The summed E-state index contributed by atoms with van der Waals surface area (Å²) in [4.78, 5) is 37.6. The Bertz CT molecular complexity index is 1190. The Kier molecular flexibility index (Phi) is 5.97. The number of imide groups is 1. The predicted molar refractivity (Wildman–Crippen MR) is 125 cm³/mol. The highest BCUT2D eigenvalue weighted by Gasteiger charge is 2.40. The molecule has 1 aliphatic carbocycles. The maximum atomic E-state index is 12.4. The summed E-state index contributed by atoms with van der Waals surface area (Å²) in [7, 11) is 1.86. The first-order valence-corrected chi connectivity index (χ1v) is 11.2. The molecule has 32 heavy (non-hydrogen) atoms. The molecule has 2 aromatic rings. The number of aliphatic hydroxyl groups excluding tert-OH is 1. The number of rotatable bonds is 4. The molecular weight excluding hydrogens is 549 g/mol. The number of nitrogens with one attached hydrogen (secondary N) is 2. The van der Waals surface area contributed by atoms with E-state index < -0.39 is 17.9 Å². The zero-order chi connectivity index (χ0) is 23.0. The molecule has 3 amide bonds. The number of hydrogen-bond donors (Lipinski definition) is 4. The van der Waals surface area contributed by atoms with Crippen LogP contribution in [0, 0.1) is 5.92 Å². The van der Waals surface area contributed by atoms with Crippen molar-refractivity contribution in [1.82, 2.24) is 20.4 Å². The molecule has 1 aromatic heterocycles. The highest BCUT2D eigenvalue weighted by molar-refractivity contribution is 14.1. The molecule has 2 aliphatic rings. The molecule has 12 heteroatoms. The molecule has 2 unspecified atom stereocenters. The second-order valence-electron chi connectivity index (χ2n) is 6.99. The smallest absolute Gasteiger partial charge is 0.339 e. The maximum Gasteiger partial charge on any atom is 0.339 e. The first-order valence-electron chi connectivity index (χ1n) is 9.24. The molecule has 0 saturated carbocycles. The van der Waals surface area contributed by atoms with Crippen LogP contribution in [0.15, 0.2) is 56.8 Å². The van der Waals surface area contributed by atoms with Gasteiger partial charge in [0.05, 0.1) is 17.3 Å². The minimum absolute atomic E-state index is 0.117.